The maximum atomic E-state index is 10.4. The Bertz CT molecular complexity index is 1080. The first-order chi connectivity index (χ1) is 12.1. The molecule has 26 heavy (non-hydrogen) atoms. The van der Waals surface area contributed by atoms with Gasteiger partial charge in [0.25, 0.3) is 0 Å². The molecule has 0 amide bonds. The number of phenolic OH excluding ortho intramolecular Hbond substituents is 2. The second-order valence-electron chi connectivity index (χ2n) is 6.07. The number of para-hydroxylation sites is 1. The van der Waals surface area contributed by atoms with E-state index in [2.05, 4.69) is 4.98 Å². The Kier molecular flexibility index (Phi) is 4.99. The van der Waals surface area contributed by atoms with E-state index < -0.39 is 0 Å². The van der Waals surface area contributed by atoms with Gasteiger partial charge in [-0.2, -0.15) is 0 Å². The molecule has 1 heterocycles. The number of benzene rings is 3. The van der Waals surface area contributed by atoms with E-state index in [0.29, 0.717) is 5.52 Å². The van der Waals surface area contributed by atoms with Crippen molar-refractivity contribution in [2.24, 2.45) is 0 Å². The quantitative estimate of drug-likeness (QED) is 0.503. The number of aryl methyl sites for hydroxylation is 1. The number of fused-ring (bicyclic) bond motifs is 1. The fourth-order valence-electron chi connectivity index (χ4n) is 3.11. The van der Waals surface area contributed by atoms with Gasteiger partial charge in [-0.15, -0.1) is 0 Å². The van der Waals surface area contributed by atoms with E-state index in [1.165, 1.54) is 0 Å². The van der Waals surface area contributed by atoms with Crippen molar-refractivity contribution >= 4 is 28.3 Å². The van der Waals surface area contributed by atoms with Crippen LogP contribution >= 0.6 is 0 Å². The largest absolute Gasteiger partial charge is 3.00 e. The Morgan fingerprint density at radius 2 is 1.46 bits per heavy atom. The first-order valence-electron chi connectivity index (χ1n) is 8.11. The average Bonchev–Trinajstić information content (AvgIpc) is 2.63. The van der Waals surface area contributed by atoms with Crippen LogP contribution in [0.2, 0.25) is 0 Å². The molecule has 0 bridgehead atoms. The molecule has 0 aliphatic rings. The molecular weight excluding hydrogens is 337 g/mol. The Hall–Kier alpha value is -2.80. The average molecular weight is 354 g/mol. The zero-order valence-corrected chi connectivity index (χ0v) is 15.5. The number of aromatic nitrogens is 1. The number of pyridine rings is 1. The monoisotopic (exact) mass is 354 g/mol. The van der Waals surface area contributed by atoms with E-state index in [1.807, 2.05) is 61.5 Å². The fraction of sp³-hybridized carbons (Fsp3) is 0.0455. The summed E-state index contributed by atoms with van der Waals surface area (Å²) in [6.07, 6.45) is 0. The van der Waals surface area contributed by atoms with Gasteiger partial charge in [-0.3, -0.25) is 0 Å². The van der Waals surface area contributed by atoms with Gasteiger partial charge in [-0.25, -0.2) is 4.98 Å². The minimum atomic E-state index is 0. The molecule has 0 fully saturated rings. The molecule has 0 aliphatic carbocycles. The van der Waals surface area contributed by atoms with E-state index in [-0.39, 0.29) is 28.9 Å². The number of aromatic hydroxyl groups is 2. The molecule has 0 saturated carbocycles. The summed E-state index contributed by atoms with van der Waals surface area (Å²) in [4.78, 5) is 4.53. The number of rotatable bonds is 2. The molecule has 4 heteroatoms. The summed E-state index contributed by atoms with van der Waals surface area (Å²) in [5.41, 5.74) is 5.04. The van der Waals surface area contributed by atoms with Gasteiger partial charge in [-0.1, -0.05) is 48.5 Å². The smallest absolute Gasteiger partial charge is 0.507 e. The second-order valence-corrected chi connectivity index (χ2v) is 6.07. The topological polar surface area (TPSA) is 53.4 Å². The molecule has 3 aromatic carbocycles. The third kappa shape index (κ3) is 3.18. The molecule has 4 aromatic rings. The van der Waals surface area contributed by atoms with Crippen LogP contribution in [-0.4, -0.2) is 32.6 Å². The Morgan fingerprint density at radius 3 is 2.23 bits per heavy atom. The van der Waals surface area contributed by atoms with Gasteiger partial charge in [0.15, 0.2) is 0 Å². The first kappa shape index (κ1) is 18.0. The second kappa shape index (κ2) is 7.21. The van der Waals surface area contributed by atoms with Crippen molar-refractivity contribution in [2.75, 3.05) is 0 Å². The molecule has 122 valence electrons. The van der Waals surface area contributed by atoms with E-state index >= 15 is 0 Å². The van der Waals surface area contributed by atoms with Crippen LogP contribution in [0.25, 0.3) is 33.2 Å². The van der Waals surface area contributed by atoms with Crippen LogP contribution in [-0.2, 0) is 0 Å². The zero-order chi connectivity index (χ0) is 17.4. The van der Waals surface area contributed by atoms with Crippen molar-refractivity contribution in [3.63, 3.8) is 0 Å². The predicted molar refractivity (Wildman–Crippen MR) is 106 cm³/mol. The van der Waals surface area contributed by atoms with Crippen molar-refractivity contribution in [3.05, 3.63) is 78.5 Å². The minimum absolute atomic E-state index is 0. The molecule has 1 aromatic heterocycles. The fourth-order valence-corrected chi connectivity index (χ4v) is 3.11. The molecule has 0 unspecified atom stereocenters. The molecular formula is C22H17AlNO2+3. The summed E-state index contributed by atoms with van der Waals surface area (Å²) in [7, 11) is 0. The van der Waals surface area contributed by atoms with Crippen molar-refractivity contribution in [1.29, 1.82) is 0 Å². The van der Waals surface area contributed by atoms with Gasteiger partial charge >= 0.3 is 17.4 Å². The molecule has 0 saturated heterocycles. The number of phenols is 2. The van der Waals surface area contributed by atoms with Gasteiger partial charge in [-0.05, 0) is 42.3 Å². The molecule has 2 N–H and O–H groups in total. The van der Waals surface area contributed by atoms with Crippen LogP contribution < -0.4 is 0 Å². The standard InChI is InChI=1S/C22H17NO2.Al/c1-14-18(13-17-8-5-9-21(25)22(17)23-14)19-12-16(10-11-20(19)24)15-6-3-2-4-7-15;/h2-13,24-25H,1H3;/q;+3. The summed E-state index contributed by atoms with van der Waals surface area (Å²) in [6.45, 7) is 1.88. The van der Waals surface area contributed by atoms with Crippen LogP contribution in [0.5, 0.6) is 11.5 Å². The van der Waals surface area contributed by atoms with Gasteiger partial charge in [0.05, 0.1) is 0 Å². The molecule has 0 spiro atoms. The Labute approximate surface area is 162 Å². The van der Waals surface area contributed by atoms with Crippen LogP contribution in [0.3, 0.4) is 0 Å². The van der Waals surface area contributed by atoms with Gasteiger partial charge in [0.2, 0.25) is 0 Å². The van der Waals surface area contributed by atoms with Crippen LogP contribution in [0, 0.1) is 6.92 Å². The Balaban J connectivity index is 0.00000196. The van der Waals surface area contributed by atoms with E-state index in [4.69, 9.17) is 0 Å². The summed E-state index contributed by atoms with van der Waals surface area (Å²) in [5, 5.41) is 21.2. The van der Waals surface area contributed by atoms with E-state index in [1.54, 1.807) is 18.2 Å². The van der Waals surface area contributed by atoms with Crippen LogP contribution in [0.1, 0.15) is 5.69 Å². The maximum Gasteiger partial charge on any atom is 3.00 e. The van der Waals surface area contributed by atoms with Gasteiger partial charge in [0, 0.05) is 22.2 Å². The summed E-state index contributed by atoms with van der Waals surface area (Å²) in [5.74, 6) is 0.374. The van der Waals surface area contributed by atoms with Gasteiger partial charge < -0.3 is 10.2 Å². The third-order valence-electron chi connectivity index (χ3n) is 4.41. The number of nitrogens with zero attached hydrogens (tertiary/aromatic N) is 1. The summed E-state index contributed by atoms with van der Waals surface area (Å²) < 4.78 is 0. The van der Waals surface area contributed by atoms with Crippen molar-refractivity contribution in [3.8, 4) is 33.8 Å². The van der Waals surface area contributed by atoms with Crippen molar-refractivity contribution < 1.29 is 10.2 Å². The molecule has 0 aliphatic heterocycles. The van der Waals surface area contributed by atoms with Crippen molar-refractivity contribution in [1.82, 2.24) is 4.98 Å². The zero-order valence-electron chi connectivity index (χ0n) is 14.3. The number of hydrogen-bond acceptors (Lipinski definition) is 3. The van der Waals surface area contributed by atoms with E-state index in [0.717, 1.165) is 33.3 Å². The Morgan fingerprint density at radius 1 is 0.692 bits per heavy atom. The maximum absolute atomic E-state index is 10.4. The number of hydrogen-bond donors (Lipinski definition) is 2. The van der Waals surface area contributed by atoms with Crippen LogP contribution in [0.4, 0.5) is 0 Å². The molecule has 4 rings (SSSR count). The molecule has 0 radical (unpaired) electrons. The summed E-state index contributed by atoms with van der Waals surface area (Å²) >= 11 is 0. The van der Waals surface area contributed by atoms with Gasteiger partial charge in [0.1, 0.15) is 17.0 Å². The minimum Gasteiger partial charge on any atom is -0.507 e. The third-order valence-corrected chi connectivity index (χ3v) is 4.41. The SMILES string of the molecule is Cc1nc2c(O)cccc2cc1-c1cc(-c2ccccc2)ccc1O.[Al+3]. The first-order valence-corrected chi connectivity index (χ1v) is 8.11. The normalized spacial score (nSPS) is 10.5. The van der Waals surface area contributed by atoms with Crippen molar-refractivity contribution in [2.45, 2.75) is 6.92 Å². The predicted octanol–water partition coefficient (Wildman–Crippen LogP) is 4.91. The summed E-state index contributed by atoms with van der Waals surface area (Å²) in [6, 6.07) is 22.9. The van der Waals surface area contributed by atoms with Crippen LogP contribution in [0.15, 0.2) is 72.8 Å². The molecule has 3 nitrogen and oxygen atoms in total. The van der Waals surface area contributed by atoms with E-state index in [9.17, 15) is 10.2 Å². The molecule has 0 atom stereocenters.